The van der Waals surface area contributed by atoms with E-state index in [0.717, 1.165) is 16.9 Å². The second kappa shape index (κ2) is 10.5. The number of carbonyl (C=O) groups is 2. The fraction of sp³-hybridized carbons (Fsp3) is 0.440. The number of nitrogens with zero attached hydrogens (tertiary/aromatic N) is 1. The molecule has 7 heteroatoms. The minimum Gasteiger partial charge on any atom is -0.489 e. The van der Waals surface area contributed by atoms with Crippen LogP contribution in [0.4, 0.5) is 4.79 Å². The molecule has 0 saturated carbocycles. The van der Waals surface area contributed by atoms with Crippen LogP contribution in [-0.4, -0.2) is 52.8 Å². The average Bonchev–Trinajstić information content (AvgIpc) is 3.18. The van der Waals surface area contributed by atoms with Gasteiger partial charge in [-0.2, -0.15) is 0 Å². The lowest BCUT2D eigenvalue weighted by Crippen LogP contribution is -2.50. The summed E-state index contributed by atoms with van der Waals surface area (Å²) in [5.74, 6) is 0.500. The molecule has 0 aliphatic carbocycles. The molecule has 7 nitrogen and oxygen atoms in total. The van der Waals surface area contributed by atoms with Gasteiger partial charge in [0.2, 0.25) is 5.91 Å². The van der Waals surface area contributed by atoms with E-state index in [1.165, 1.54) is 0 Å². The number of benzene rings is 2. The molecule has 2 unspecified atom stereocenters. The van der Waals surface area contributed by atoms with Crippen LogP contribution >= 0.6 is 0 Å². The first-order valence-corrected chi connectivity index (χ1v) is 10.9. The molecule has 1 fully saturated rings. The minimum atomic E-state index is -0.786. The van der Waals surface area contributed by atoms with Gasteiger partial charge in [-0.25, -0.2) is 4.79 Å². The molecule has 2 N–H and O–H groups in total. The second-order valence-electron chi connectivity index (χ2n) is 9.05. The highest BCUT2D eigenvalue weighted by Gasteiger charge is 2.32. The Bertz CT molecular complexity index is 893. The predicted octanol–water partition coefficient (Wildman–Crippen LogP) is 3.29. The maximum absolute atomic E-state index is 13.0. The third-order valence-electron chi connectivity index (χ3n) is 5.08. The van der Waals surface area contributed by atoms with E-state index in [0.29, 0.717) is 26.0 Å². The third kappa shape index (κ3) is 7.27. The van der Waals surface area contributed by atoms with Crippen LogP contribution in [0.15, 0.2) is 54.6 Å². The second-order valence-corrected chi connectivity index (χ2v) is 9.05. The van der Waals surface area contributed by atoms with Crippen molar-refractivity contribution in [2.24, 2.45) is 0 Å². The van der Waals surface area contributed by atoms with Gasteiger partial charge < -0.3 is 24.8 Å². The van der Waals surface area contributed by atoms with Crippen LogP contribution in [0.2, 0.25) is 0 Å². The number of carbonyl (C=O) groups excluding carboxylic acids is 2. The zero-order valence-corrected chi connectivity index (χ0v) is 18.9. The SMILES string of the molecule is CC(C)(C)OC(=O)NC(Cc1ccc(OCc2ccccc2)cc1)C(=O)N1CCC(O)C1. The van der Waals surface area contributed by atoms with Gasteiger partial charge in [-0.15, -0.1) is 0 Å². The van der Waals surface area contributed by atoms with E-state index < -0.39 is 23.8 Å². The number of hydrogen-bond acceptors (Lipinski definition) is 5. The number of alkyl carbamates (subject to hydrolysis) is 1. The van der Waals surface area contributed by atoms with Gasteiger partial charge in [0.15, 0.2) is 0 Å². The topological polar surface area (TPSA) is 88.1 Å². The first-order chi connectivity index (χ1) is 15.2. The number of rotatable bonds is 7. The Morgan fingerprint density at radius 3 is 2.38 bits per heavy atom. The molecule has 2 amide bonds. The van der Waals surface area contributed by atoms with Crippen molar-refractivity contribution in [3.63, 3.8) is 0 Å². The zero-order valence-electron chi connectivity index (χ0n) is 18.9. The molecule has 1 aliphatic heterocycles. The number of likely N-dealkylation sites (tertiary alicyclic amines) is 1. The van der Waals surface area contributed by atoms with Crippen molar-refractivity contribution in [1.29, 1.82) is 0 Å². The molecule has 32 heavy (non-hydrogen) atoms. The monoisotopic (exact) mass is 440 g/mol. The summed E-state index contributed by atoms with van der Waals surface area (Å²) in [6.07, 6.45) is -0.317. The van der Waals surface area contributed by atoms with E-state index in [1.807, 2.05) is 54.6 Å². The molecule has 1 aliphatic rings. The van der Waals surface area contributed by atoms with Crippen molar-refractivity contribution in [2.45, 2.75) is 58.0 Å². The average molecular weight is 441 g/mol. The van der Waals surface area contributed by atoms with Gasteiger partial charge in [-0.05, 0) is 50.5 Å². The van der Waals surface area contributed by atoms with E-state index in [9.17, 15) is 14.7 Å². The molecule has 1 heterocycles. The van der Waals surface area contributed by atoms with Crippen LogP contribution in [0.25, 0.3) is 0 Å². The number of ether oxygens (including phenoxy) is 2. The molecule has 2 aromatic carbocycles. The largest absolute Gasteiger partial charge is 0.489 e. The smallest absolute Gasteiger partial charge is 0.408 e. The van der Waals surface area contributed by atoms with Crippen LogP contribution in [0.1, 0.15) is 38.3 Å². The third-order valence-corrected chi connectivity index (χ3v) is 5.08. The molecule has 2 aromatic rings. The standard InChI is InChI=1S/C25H32N2O5/c1-25(2,3)32-24(30)26-22(23(29)27-14-13-20(28)16-27)15-18-9-11-21(12-10-18)31-17-19-7-5-4-6-8-19/h4-12,20,22,28H,13-17H2,1-3H3,(H,26,30). The summed E-state index contributed by atoms with van der Waals surface area (Å²) < 4.78 is 11.2. The van der Waals surface area contributed by atoms with E-state index >= 15 is 0 Å². The van der Waals surface area contributed by atoms with Crippen LogP contribution in [0.3, 0.4) is 0 Å². The Labute approximate surface area is 189 Å². The number of aliphatic hydroxyl groups excluding tert-OH is 1. The lowest BCUT2D eigenvalue weighted by Gasteiger charge is -2.26. The first kappa shape index (κ1) is 23.6. The normalized spacial score (nSPS) is 17.0. The first-order valence-electron chi connectivity index (χ1n) is 10.9. The van der Waals surface area contributed by atoms with Gasteiger partial charge in [0.05, 0.1) is 6.10 Å². The van der Waals surface area contributed by atoms with E-state index in [4.69, 9.17) is 9.47 Å². The van der Waals surface area contributed by atoms with Crippen molar-refractivity contribution < 1.29 is 24.2 Å². The van der Waals surface area contributed by atoms with E-state index in [1.54, 1.807) is 25.7 Å². The van der Waals surface area contributed by atoms with Crippen LogP contribution in [0.5, 0.6) is 5.75 Å². The molecule has 172 valence electrons. The summed E-state index contributed by atoms with van der Waals surface area (Å²) >= 11 is 0. The zero-order chi connectivity index (χ0) is 23.1. The highest BCUT2D eigenvalue weighted by Crippen LogP contribution is 2.18. The summed E-state index contributed by atoms with van der Waals surface area (Å²) in [7, 11) is 0. The maximum atomic E-state index is 13.0. The number of aliphatic hydroxyl groups is 1. The molecular weight excluding hydrogens is 408 g/mol. The number of β-amino-alcohol motifs (C(OH)–C–C–N with tert-alkyl or cyclic N) is 1. The Morgan fingerprint density at radius 2 is 1.78 bits per heavy atom. The number of hydrogen-bond donors (Lipinski definition) is 2. The highest BCUT2D eigenvalue weighted by atomic mass is 16.6. The quantitative estimate of drug-likeness (QED) is 0.690. The van der Waals surface area contributed by atoms with E-state index in [-0.39, 0.29) is 12.5 Å². The lowest BCUT2D eigenvalue weighted by molar-refractivity contribution is -0.132. The molecule has 1 saturated heterocycles. The summed E-state index contributed by atoms with van der Waals surface area (Å²) in [6.45, 7) is 6.53. The van der Waals surface area contributed by atoms with Gasteiger partial charge in [0.1, 0.15) is 24.0 Å². The molecule has 2 atom stereocenters. The summed E-state index contributed by atoms with van der Waals surface area (Å²) in [6, 6.07) is 16.6. The van der Waals surface area contributed by atoms with Crippen molar-refractivity contribution in [3.8, 4) is 5.75 Å². The van der Waals surface area contributed by atoms with Crippen molar-refractivity contribution in [3.05, 3.63) is 65.7 Å². The van der Waals surface area contributed by atoms with Gasteiger partial charge in [0, 0.05) is 19.5 Å². The van der Waals surface area contributed by atoms with Gasteiger partial charge in [0.25, 0.3) is 0 Å². The maximum Gasteiger partial charge on any atom is 0.408 e. The molecular formula is C25H32N2O5. The van der Waals surface area contributed by atoms with E-state index in [2.05, 4.69) is 5.32 Å². The van der Waals surface area contributed by atoms with Crippen LogP contribution in [-0.2, 0) is 22.6 Å². The number of nitrogens with one attached hydrogen (secondary N) is 1. The fourth-order valence-corrected chi connectivity index (χ4v) is 3.51. The summed E-state index contributed by atoms with van der Waals surface area (Å²) in [5.41, 5.74) is 1.29. The minimum absolute atomic E-state index is 0.225. The van der Waals surface area contributed by atoms with Crippen LogP contribution in [0, 0.1) is 0 Å². The van der Waals surface area contributed by atoms with Crippen molar-refractivity contribution in [2.75, 3.05) is 13.1 Å². The Balaban J connectivity index is 1.64. The molecule has 3 rings (SSSR count). The molecule has 0 aromatic heterocycles. The van der Waals surface area contributed by atoms with Crippen LogP contribution < -0.4 is 10.1 Å². The Kier molecular flexibility index (Phi) is 7.75. The summed E-state index contributed by atoms with van der Waals surface area (Å²) in [5, 5.41) is 12.5. The van der Waals surface area contributed by atoms with Crippen molar-refractivity contribution in [1.82, 2.24) is 10.2 Å². The molecule has 0 radical (unpaired) electrons. The van der Waals surface area contributed by atoms with Gasteiger partial charge in [-0.3, -0.25) is 4.79 Å². The molecule has 0 spiro atoms. The molecule has 0 bridgehead atoms. The summed E-state index contributed by atoms with van der Waals surface area (Å²) in [4.78, 5) is 27.0. The van der Waals surface area contributed by atoms with Crippen molar-refractivity contribution >= 4 is 12.0 Å². The highest BCUT2D eigenvalue weighted by molar-refractivity contribution is 5.86. The van der Waals surface area contributed by atoms with Gasteiger partial charge >= 0.3 is 6.09 Å². The lowest BCUT2D eigenvalue weighted by atomic mass is 10.0. The number of amides is 2. The Morgan fingerprint density at radius 1 is 1.09 bits per heavy atom. The van der Waals surface area contributed by atoms with Gasteiger partial charge in [-0.1, -0.05) is 42.5 Å². The Hall–Kier alpha value is -3.06. The fourth-order valence-electron chi connectivity index (χ4n) is 3.51. The predicted molar refractivity (Wildman–Crippen MR) is 121 cm³/mol.